The average Bonchev–Trinajstić information content (AvgIpc) is 3.03. The van der Waals surface area contributed by atoms with E-state index in [9.17, 15) is 24.3 Å². The molecule has 2 N–H and O–H groups in total. The third-order valence-corrected chi connectivity index (χ3v) is 5.94. The summed E-state index contributed by atoms with van der Waals surface area (Å²) in [5.41, 5.74) is 0. The molecule has 1 saturated heterocycles. The summed E-state index contributed by atoms with van der Waals surface area (Å²) >= 11 is 1.02. The maximum absolute atomic E-state index is 12.0. The van der Waals surface area contributed by atoms with Gasteiger partial charge in [-0.2, -0.15) is 0 Å². The fourth-order valence-electron chi connectivity index (χ4n) is 3.41. The van der Waals surface area contributed by atoms with Crippen LogP contribution in [0.2, 0.25) is 0 Å². The topological polar surface area (TPSA) is 128 Å². The van der Waals surface area contributed by atoms with E-state index in [-0.39, 0.29) is 47.9 Å². The van der Waals surface area contributed by atoms with Gasteiger partial charge in [-0.05, 0) is 43.3 Å². The predicted octanol–water partition coefficient (Wildman–Crippen LogP) is 2.51. The van der Waals surface area contributed by atoms with Crippen molar-refractivity contribution in [3.05, 3.63) is 24.0 Å². The number of hydrogen-bond acceptors (Lipinski definition) is 8. The summed E-state index contributed by atoms with van der Waals surface area (Å²) in [6, 6.07) is 0. The number of carboxylic acid groups (broad SMARTS) is 1. The second-order valence-corrected chi connectivity index (χ2v) is 8.99. The van der Waals surface area contributed by atoms with E-state index < -0.39 is 24.0 Å². The van der Waals surface area contributed by atoms with Gasteiger partial charge in [0.25, 0.3) is 5.24 Å². The number of methoxy groups -OCH3 is 1. The Bertz CT molecular complexity index is 748. The molecular weight excluding hydrogens is 426 g/mol. The van der Waals surface area contributed by atoms with Crippen molar-refractivity contribution in [2.45, 2.75) is 44.5 Å². The molecule has 10 heteroatoms. The molecule has 31 heavy (non-hydrogen) atoms. The average molecular weight is 456 g/mol. The van der Waals surface area contributed by atoms with E-state index in [2.05, 4.69) is 5.32 Å². The highest BCUT2D eigenvalue weighted by Crippen LogP contribution is 2.29. The minimum absolute atomic E-state index is 0.0250. The maximum Gasteiger partial charge on any atom is 0.335 e. The van der Waals surface area contributed by atoms with Gasteiger partial charge in [-0.15, -0.1) is 0 Å². The summed E-state index contributed by atoms with van der Waals surface area (Å²) in [5, 5.41) is 11.1. The standard InChI is InChI=1S/C21H29NO8S/c1-12(2)10-15(19(24)25)17(20(26)28-3)30-9-8-29-14-6-4-13(5-7-14)11-16-18(23)22-21(27)31-16/h4,6-7,12-13,15-17H,5,8-11H2,1-3H3,(H,24,25)(H,22,23,27)/t13?,15-,16?,17+/m1/s1. The van der Waals surface area contributed by atoms with Crippen LogP contribution in [0.3, 0.4) is 0 Å². The molecule has 2 amide bonds. The maximum atomic E-state index is 12.0. The van der Waals surface area contributed by atoms with Crippen molar-refractivity contribution in [1.29, 1.82) is 0 Å². The normalized spacial score (nSPS) is 22.6. The molecule has 0 spiro atoms. The number of amides is 2. The molecule has 0 aromatic carbocycles. The van der Waals surface area contributed by atoms with Crippen molar-refractivity contribution in [1.82, 2.24) is 5.32 Å². The number of ether oxygens (including phenoxy) is 3. The Morgan fingerprint density at radius 2 is 2.03 bits per heavy atom. The Balaban J connectivity index is 1.78. The third kappa shape index (κ3) is 7.70. The lowest BCUT2D eigenvalue weighted by Crippen LogP contribution is -2.39. The number of carbonyl (C=O) groups excluding carboxylic acids is 3. The van der Waals surface area contributed by atoms with Crippen LogP contribution >= 0.6 is 11.8 Å². The second-order valence-electron chi connectivity index (χ2n) is 7.82. The minimum atomic E-state index is -1.20. The predicted molar refractivity (Wildman–Crippen MR) is 113 cm³/mol. The molecule has 0 saturated carbocycles. The van der Waals surface area contributed by atoms with Crippen LogP contribution in [-0.4, -0.2) is 59.9 Å². The number of carboxylic acids is 1. The first-order valence-corrected chi connectivity index (χ1v) is 11.0. The van der Waals surface area contributed by atoms with E-state index in [0.717, 1.165) is 11.8 Å². The van der Waals surface area contributed by atoms with Crippen LogP contribution in [-0.2, 0) is 28.6 Å². The van der Waals surface area contributed by atoms with Crippen molar-refractivity contribution in [2.75, 3.05) is 20.3 Å². The van der Waals surface area contributed by atoms with Crippen LogP contribution in [0.5, 0.6) is 0 Å². The lowest BCUT2D eigenvalue weighted by molar-refractivity contribution is -0.168. The van der Waals surface area contributed by atoms with Gasteiger partial charge in [0.1, 0.15) is 12.4 Å². The van der Waals surface area contributed by atoms with Crippen molar-refractivity contribution in [3.8, 4) is 0 Å². The summed E-state index contributed by atoms with van der Waals surface area (Å²) in [4.78, 5) is 46.5. The molecule has 0 aromatic rings. The van der Waals surface area contributed by atoms with E-state index in [1.807, 2.05) is 26.0 Å². The Morgan fingerprint density at radius 3 is 2.55 bits per heavy atom. The molecule has 172 valence electrons. The molecule has 1 heterocycles. The van der Waals surface area contributed by atoms with Crippen LogP contribution < -0.4 is 5.32 Å². The zero-order valence-electron chi connectivity index (χ0n) is 17.9. The molecular formula is C21H29NO8S. The van der Waals surface area contributed by atoms with Crippen LogP contribution in [0.15, 0.2) is 24.0 Å². The molecule has 9 nitrogen and oxygen atoms in total. The zero-order chi connectivity index (χ0) is 23.0. The summed E-state index contributed by atoms with van der Waals surface area (Å²) in [7, 11) is 1.20. The van der Waals surface area contributed by atoms with Crippen molar-refractivity contribution in [3.63, 3.8) is 0 Å². The Hall–Kier alpha value is -2.33. The molecule has 0 bridgehead atoms. The van der Waals surface area contributed by atoms with E-state index in [0.29, 0.717) is 18.6 Å². The van der Waals surface area contributed by atoms with Gasteiger partial charge < -0.3 is 19.3 Å². The molecule has 2 unspecified atom stereocenters. The van der Waals surface area contributed by atoms with Crippen molar-refractivity contribution >= 4 is 34.8 Å². The number of esters is 1. The van der Waals surface area contributed by atoms with Crippen molar-refractivity contribution < 1.29 is 38.5 Å². The van der Waals surface area contributed by atoms with Gasteiger partial charge >= 0.3 is 11.9 Å². The first-order chi connectivity index (χ1) is 14.7. The summed E-state index contributed by atoms with van der Waals surface area (Å²) in [6.45, 7) is 3.91. The van der Waals surface area contributed by atoms with E-state index in [4.69, 9.17) is 14.2 Å². The third-order valence-electron chi connectivity index (χ3n) is 4.93. The number of rotatable bonds is 12. The highest BCUT2D eigenvalue weighted by atomic mass is 32.2. The van der Waals surface area contributed by atoms with Gasteiger partial charge in [-0.25, -0.2) is 4.79 Å². The van der Waals surface area contributed by atoms with Crippen LogP contribution in [0.4, 0.5) is 4.79 Å². The Morgan fingerprint density at radius 1 is 1.29 bits per heavy atom. The zero-order valence-corrected chi connectivity index (χ0v) is 18.7. The van der Waals surface area contributed by atoms with Crippen LogP contribution in [0.25, 0.3) is 0 Å². The molecule has 2 aliphatic rings. The lowest BCUT2D eigenvalue weighted by Gasteiger charge is -2.24. The highest BCUT2D eigenvalue weighted by molar-refractivity contribution is 8.15. The van der Waals surface area contributed by atoms with Crippen molar-refractivity contribution in [2.24, 2.45) is 17.8 Å². The van der Waals surface area contributed by atoms with Crippen LogP contribution in [0, 0.1) is 17.8 Å². The van der Waals surface area contributed by atoms with Gasteiger partial charge in [0.15, 0.2) is 6.10 Å². The van der Waals surface area contributed by atoms with Gasteiger partial charge in [0.2, 0.25) is 5.91 Å². The second kappa shape index (κ2) is 11.9. The van der Waals surface area contributed by atoms with E-state index >= 15 is 0 Å². The number of allylic oxidation sites excluding steroid dienone is 3. The first-order valence-electron chi connectivity index (χ1n) is 10.2. The quantitative estimate of drug-likeness (QED) is 0.337. The number of aliphatic carboxylic acids is 1. The number of hydrogen-bond donors (Lipinski definition) is 2. The largest absolute Gasteiger partial charge is 0.492 e. The molecule has 0 radical (unpaired) electrons. The first kappa shape index (κ1) is 24.9. The van der Waals surface area contributed by atoms with E-state index in [1.165, 1.54) is 7.11 Å². The monoisotopic (exact) mass is 455 g/mol. The van der Waals surface area contributed by atoms with Gasteiger partial charge in [-0.3, -0.25) is 19.7 Å². The summed E-state index contributed by atoms with van der Waals surface area (Å²) in [5.74, 6) is -2.24. The fourth-order valence-corrected chi connectivity index (χ4v) is 4.34. The summed E-state index contributed by atoms with van der Waals surface area (Å²) in [6.07, 6.45) is 5.95. The summed E-state index contributed by atoms with van der Waals surface area (Å²) < 4.78 is 15.9. The molecule has 1 aliphatic heterocycles. The Labute approximate surface area is 185 Å². The minimum Gasteiger partial charge on any atom is -0.492 e. The molecule has 1 fully saturated rings. The number of thioether (sulfide) groups is 1. The number of carbonyl (C=O) groups is 4. The smallest absolute Gasteiger partial charge is 0.335 e. The lowest BCUT2D eigenvalue weighted by atomic mass is 9.92. The van der Waals surface area contributed by atoms with E-state index in [1.54, 1.807) is 6.08 Å². The van der Waals surface area contributed by atoms with Crippen LogP contribution in [0.1, 0.15) is 33.1 Å². The Kier molecular flexibility index (Phi) is 9.57. The van der Waals surface area contributed by atoms with Gasteiger partial charge in [0, 0.05) is 0 Å². The fraction of sp³-hybridized carbons (Fsp3) is 0.619. The molecule has 0 aromatic heterocycles. The highest BCUT2D eigenvalue weighted by Gasteiger charge is 2.36. The number of imide groups is 1. The SMILES string of the molecule is COC(=O)[C@@H](OCCOC1=CCC(CC2SC(=O)NC2=O)C=C1)[C@@H](CC(C)C)C(=O)O. The molecule has 1 aliphatic carbocycles. The van der Waals surface area contributed by atoms with Gasteiger partial charge in [0.05, 0.1) is 24.9 Å². The van der Waals surface area contributed by atoms with Gasteiger partial charge in [-0.1, -0.05) is 31.7 Å². The molecule has 2 rings (SSSR count). The number of nitrogens with one attached hydrogen (secondary N) is 1. The molecule has 4 atom stereocenters.